The molecule has 3 heteroatoms. The van der Waals surface area contributed by atoms with Gasteiger partial charge in [0.2, 0.25) is 0 Å². The molecule has 0 bridgehead atoms. The first-order valence-corrected chi connectivity index (χ1v) is 8.27. The van der Waals surface area contributed by atoms with Gasteiger partial charge in [0, 0.05) is 6.04 Å². The normalized spacial score (nSPS) is 17.5. The molecular formula is C18H28N2O. The van der Waals surface area contributed by atoms with Crippen LogP contribution in [0, 0.1) is 5.92 Å². The van der Waals surface area contributed by atoms with Crippen molar-refractivity contribution in [2.45, 2.75) is 64.5 Å². The minimum Gasteiger partial charge on any atom is -0.335 e. The molecule has 2 N–H and O–H groups in total. The minimum absolute atomic E-state index is 0.0172. The molecule has 0 heterocycles. The van der Waals surface area contributed by atoms with E-state index in [1.165, 1.54) is 24.8 Å². The number of hydrogen-bond acceptors (Lipinski definition) is 1. The number of urea groups is 1. The summed E-state index contributed by atoms with van der Waals surface area (Å²) in [4.78, 5) is 12.3. The van der Waals surface area contributed by atoms with E-state index >= 15 is 0 Å². The highest BCUT2D eigenvalue weighted by Gasteiger charge is 2.19. The van der Waals surface area contributed by atoms with Crippen molar-refractivity contribution in [2.75, 3.05) is 0 Å². The lowest BCUT2D eigenvalue weighted by molar-refractivity contribution is 0.227. The van der Waals surface area contributed by atoms with Crippen LogP contribution in [-0.4, -0.2) is 12.1 Å². The number of carbonyl (C=O) groups is 1. The summed E-state index contributed by atoms with van der Waals surface area (Å²) >= 11 is 0. The number of rotatable bonds is 5. The van der Waals surface area contributed by atoms with Crippen LogP contribution in [0.15, 0.2) is 30.3 Å². The maximum atomic E-state index is 12.3. The molecule has 1 atom stereocenters. The third kappa shape index (κ3) is 5.41. The third-order valence-electron chi connectivity index (χ3n) is 4.15. The van der Waals surface area contributed by atoms with Crippen molar-refractivity contribution < 1.29 is 4.79 Å². The van der Waals surface area contributed by atoms with E-state index in [4.69, 9.17) is 0 Å². The Bertz CT molecular complexity index is 424. The predicted molar refractivity (Wildman–Crippen MR) is 87.2 cm³/mol. The van der Waals surface area contributed by atoms with Gasteiger partial charge in [0.15, 0.2) is 0 Å². The Labute approximate surface area is 128 Å². The van der Waals surface area contributed by atoms with Crippen molar-refractivity contribution in [3.63, 3.8) is 0 Å². The average molecular weight is 288 g/mol. The molecule has 1 saturated carbocycles. The van der Waals surface area contributed by atoms with Crippen molar-refractivity contribution in [3.05, 3.63) is 35.9 Å². The number of amides is 2. The quantitative estimate of drug-likeness (QED) is 0.828. The van der Waals surface area contributed by atoms with Crippen LogP contribution in [0.4, 0.5) is 4.79 Å². The summed E-state index contributed by atoms with van der Waals surface area (Å²) in [6.45, 7) is 4.38. The zero-order valence-corrected chi connectivity index (χ0v) is 13.3. The lowest BCUT2D eigenvalue weighted by Gasteiger charge is -2.26. The van der Waals surface area contributed by atoms with E-state index in [2.05, 4.69) is 36.6 Å². The van der Waals surface area contributed by atoms with Gasteiger partial charge in [0.25, 0.3) is 0 Å². The van der Waals surface area contributed by atoms with Gasteiger partial charge in [0.05, 0.1) is 6.04 Å². The van der Waals surface area contributed by atoms with Crippen LogP contribution < -0.4 is 10.6 Å². The van der Waals surface area contributed by atoms with Gasteiger partial charge in [-0.25, -0.2) is 4.79 Å². The van der Waals surface area contributed by atoms with Gasteiger partial charge in [-0.3, -0.25) is 0 Å². The largest absolute Gasteiger partial charge is 0.335 e. The second-order valence-corrected chi connectivity index (χ2v) is 6.55. The lowest BCUT2D eigenvalue weighted by atomic mass is 9.95. The fourth-order valence-electron chi connectivity index (χ4n) is 3.07. The summed E-state index contributed by atoms with van der Waals surface area (Å²) < 4.78 is 0. The first kappa shape index (κ1) is 15.9. The molecule has 1 aliphatic rings. The van der Waals surface area contributed by atoms with Gasteiger partial charge in [-0.2, -0.15) is 0 Å². The Hall–Kier alpha value is -1.51. The zero-order chi connectivity index (χ0) is 15.1. The highest BCUT2D eigenvalue weighted by Crippen LogP contribution is 2.21. The zero-order valence-electron chi connectivity index (χ0n) is 13.3. The molecule has 0 aliphatic heterocycles. The summed E-state index contributed by atoms with van der Waals surface area (Å²) in [7, 11) is 0. The van der Waals surface area contributed by atoms with Gasteiger partial charge >= 0.3 is 6.03 Å². The van der Waals surface area contributed by atoms with Crippen LogP contribution in [0.1, 0.15) is 64.0 Å². The number of hydrogen-bond donors (Lipinski definition) is 2. The SMILES string of the molecule is CC(C)C[C@@H](NC(=O)NC1CCCCC1)c1ccccc1. The summed E-state index contributed by atoms with van der Waals surface area (Å²) in [5.74, 6) is 0.546. The highest BCUT2D eigenvalue weighted by molar-refractivity contribution is 5.74. The van der Waals surface area contributed by atoms with Crippen LogP contribution in [-0.2, 0) is 0 Å². The first-order valence-electron chi connectivity index (χ1n) is 8.27. The van der Waals surface area contributed by atoms with E-state index in [1.807, 2.05) is 18.2 Å². The predicted octanol–water partition coefficient (Wildman–Crippen LogP) is 4.41. The Morgan fingerprint density at radius 1 is 1.14 bits per heavy atom. The van der Waals surface area contributed by atoms with Crippen molar-refractivity contribution >= 4 is 6.03 Å². The fourth-order valence-corrected chi connectivity index (χ4v) is 3.07. The van der Waals surface area contributed by atoms with Gasteiger partial charge < -0.3 is 10.6 Å². The second-order valence-electron chi connectivity index (χ2n) is 6.55. The molecule has 3 nitrogen and oxygen atoms in total. The molecule has 2 rings (SSSR count). The van der Waals surface area contributed by atoms with Crippen LogP contribution in [0.3, 0.4) is 0 Å². The molecule has 116 valence electrons. The highest BCUT2D eigenvalue weighted by atomic mass is 16.2. The van der Waals surface area contributed by atoms with Gasteiger partial charge in [0.1, 0.15) is 0 Å². The van der Waals surface area contributed by atoms with Crippen LogP contribution in [0.2, 0.25) is 0 Å². The molecule has 0 unspecified atom stereocenters. The molecule has 0 aromatic heterocycles. The molecule has 0 radical (unpaired) electrons. The van der Waals surface area contributed by atoms with Crippen LogP contribution >= 0.6 is 0 Å². The summed E-state index contributed by atoms with van der Waals surface area (Å²) in [5, 5.41) is 6.30. The maximum Gasteiger partial charge on any atom is 0.315 e. The van der Waals surface area contributed by atoms with Gasteiger partial charge in [-0.05, 0) is 30.7 Å². The Morgan fingerprint density at radius 2 is 1.81 bits per heavy atom. The van der Waals surface area contributed by atoms with Crippen LogP contribution in [0.5, 0.6) is 0 Å². The average Bonchev–Trinajstić information content (AvgIpc) is 2.48. The van der Waals surface area contributed by atoms with Crippen LogP contribution in [0.25, 0.3) is 0 Å². The van der Waals surface area contributed by atoms with Gasteiger partial charge in [-0.1, -0.05) is 63.4 Å². The molecule has 1 aromatic rings. The van der Waals surface area contributed by atoms with Gasteiger partial charge in [-0.15, -0.1) is 0 Å². The third-order valence-corrected chi connectivity index (χ3v) is 4.15. The fraction of sp³-hybridized carbons (Fsp3) is 0.611. The Kier molecular flexibility index (Phi) is 6.09. The molecule has 0 spiro atoms. The van der Waals surface area contributed by atoms with E-state index in [-0.39, 0.29) is 12.1 Å². The molecular weight excluding hydrogens is 260 g/mol. The van der Waals surface area contributed by atoms with E-state index < -0.39 is 0 Å². The number of carbonyl (C=O) groups excluding carboxylic acids is 1. The van der Waals surface area contributed by atoms with Crippen molar-refractivity contribution in [1.29, 1.82) is 0 Å². The number of benzene rings is 1. The monoisotopic (exact) mass is 288 g/mol. The van der Waals surface area contributed by atoms with E-state index in [9.17, 15) is 4.79 Å². The standard InChI is InChI=1S/C18H28N2O/c1-14(2)13-17(15-9-5-3-6-10-15)20-18(21)19-16-11-7-4-8-12-16/h3,5-6,9-10,14,16-17H,4,7-8,11-13H2,1-2H3,(H2,19,20,21)/t17-/m1/s1. The smallest absolute Gasteiger partial charge is 0.315 e. The molecule has 1 aromatic carbocycles. The Balaban J connectivity index is 1.92. The first-order chi connectivity index (χ1) is 10.1. The Morgan fingerprint density at radius 3 is 2.43 bits per heavy atom. The topological polar surface area (TPSA) is 41.1 Å². The van der Waals surface area contributed by atoms with E-state index in [0.717, 1.165) is 19.3 Å². The molecule has 2 amide bonds. The van der Waals surface area contributed by atoms with Crippen molar-refractivity contribution in [3.8, 4) is 0 Å². The molecule has 21 heavy (non-hydrogen) atoms. The molecule has 0 saturated heterocycles. The molecule has 1 fully saturated rings. The van der Waals surface area contributed by atoms with Crippen molar-refractivity contribution in [2.24, 2.45) is 5.92 Å². The summed E-state index contributed by atoms with van der Waals surface area (Å²) in [6.07, 6.45) is 6.97. The summed E-state index contributed by atoms with van der Waals surface area (Å²) in [6, 6.07) is 10.7. The maximum absolute atomic E-state index is 12.3. The number of nitrogens with one attached hydrogen (secondary N) is 2. The minimum atomic E-state index is -0.0172. The lowest BCUT2D eigenvalue weighted by Crippen LogP contribution is -2.44. The van der Waals surface area contributed by atoms with E-state index in [1.54, 1.807) is 0 Å². The van der Waals surface area contributed by atoms with E-state index in [0.29, 0.717) is 12.0 Å². The van der Waals surface area contributed by atoms with Crippen molar-refractivity contribution in [1.82, 2.24) is 10.6 Å². The summed E-state index contributed by atoms with van der Waals surface area (Å²) in [5.41, 5.74) is 1.19. The second kappa shape index (κ2) is 8.06. The molecule has 1 aliphatic carbocycles.